The number of ketones is 1. The average Bonchev–Trinajstić information content (AvgIpc) is 2.04. The van der Waals surface area contributed by atoms with Gasteiger partial charge in [-0.05, 0) is 6.42 Å². The van der Waals surface area contributed by atoms with Gasteiger partial charge in [0.25, 0.3) is 0 Å². The maximum absolute atomic E-state index is 11.5. The van der Waals surface area contributed by atoms with Crippen molar-refractivity contribution in [2.45, 2.75) is 40.2 Å². The predicted molar refractivity (Wildman–Crippen MR) is 56.3 cm³/mol. The average molecular weight is 248 g/mol. The summed E-state index contributed by atoms with van der Waals surface area (Å²) in [7, 11) is 1.51. The first-order valence-corrected chi connectivity index (χ1v) is 4.80. The van der Waals surface area contributed by atoms with Crippen molar-refractivity contribution in [1.82, 2.24) is 0 Å². The minimum Gasteiger partial charge on any atom is -0.509 e. The van der Waals surface area contributed by atoms with E-state index in [0.717, 1.165) is 0 Å². The minimum absolute atomic E-state index is 0. The number of aliphatic hydroxyl groups is 1. The minimum atomic E-state index is -0.458. The molecule has 0 aliphatic carbocycles. The van der Waals surface area contributed by atoms with Crippen LogP contribution in [0.2, 0.25) is 0 Å². The van der Waals surface area contributed by atoms with Crippen LogP contribution in [0.4, 0.5) is 0 Å². The summed E-state index contributed by atoms with van der Waals surface area (Å²) in [4.78, 5) is 11.5. The third-order valence-electron chi connectivity index (χ3n) is 2.00. The van der Waals surface area contributed by atoms with Crippen molar-refractivity contribution in [3.8, 4) is 0 Å². The van der Waals surface area contributed by atoms with Gasteiger partial charge in [-0.2, -0.15) is 0 Å². The molecule has 0 heterocycles. The predicted octanol–water partition coefficient (Wildman–Crippen LogP) is 2.47. The van der Waals surface area contributed by atoms with Gasteiger partial charge >= 0.3 is 0 Å². The van der Waals surface area contributed by atoms with Crippen molar-refractivity contribution in [2.24, 2.45) is 5.41 Å². The number of hydrogen-bond donors (Lipinski definition) is 1. The quantitative estimate of drug-likeness (QED) is 0.472. The summed E-state index contributed by atoms with van der Waals surface area (Å²) in [6, 6.07) is 0. The first-order valence-electron chi connectivity index (χ1n) is 4.80. The second-order valence-electron chi connectivity index (χ2n) is 4.32. The summed E-state index contributed by atoms with van der Waals surface area (Å²) in [6.07, 6.45) is 1.54. The molecule has 0 saturated carbocycles. The van der Waals surface area contributed by atoms with E-state index in [-0.39, 0.29) is 39.4 Å². The van der Waals surface area contributed by atoms with Crippen molar-refractivity contribution in [1.29, 1.82) is 0 Å². The van der Waals surface area contributed by atoms with E-state index in [0.29, 0.717) is 6.42 Å². The fourth-order valence-electron chi connectivity index (χ4n) is 0.940. The third kappa shape index (κ3) is 6.13. The van der Waals surface area contributed by atoms with Crippen LogP contribution in [0.15, 0.2) is 11.8 Å². The Morgan fingerprint density at radius 3 is 2.20 bits per heavy atom. The molecule has 0 fully saturated rings. The van der Waals surface area contributed by atoms with Crippen LogP contribution in [0.5, 0.6) is 0 Å². The van der Waals surface area contributed by atoms with Crippen LogP contribution >= 0.6 is 0 Å². The zero-order chi connectivity index (χ0) is 11.4. The van der Waals surface area contributed by atoms with Crippen LogP contribution in [-0.2, 0) is 31.2 Å². The Morgan fingerprint density at radius 1 is 1.47 bits per heavy atom. The molecule has 1 N–H and O–H groups in total. The molecule has 3 nitrogen and oxygen atoms in total. The zero-order valence-corrected chi connectivity index (χ0v) is 11.7. The van der Waals surface area contributed by atoms with Crippen LogP contribution < -0.4 is 0 Å². The normalized spacial score (nSPS) is 14.3. The van der Waals surface area contributed by atoms with Gasteiger partial charge in [0.2, 0.25) is 0 Å². The van der Waals surface area contributed by atoms with Crippen molar-refractivity contribution in [3.63, 3.8) is 0 Å². The van der Waals surface area contributed by atoms with Gasteiger partial charge in [-0.3, -0.25) is 4.79 Å². The van der Waals surface area contributed by atoms with E-state index in [2.05, 4.69) is 0 Å². The molecule has 0 amide bonds. The van der Waals surface area contributed by atoms with E-state index in [1.54, 1.807) is 0 Å². The Morgan fingerprint density at radius 2 is 1.93 bits per heavy atom. The second kappa shape index (κ2) is 7.21. The van der Waals surface area contributed by atoms with E-state index >= 15 is 0 Å². The van der Waals surface area contributed by atoms with Crippen LogP contribution in [0.25, 0.3) is 0 Å². The molecule has 0 spiro atoms. The van der Waals surface area contributed by atoms with Crippen molar-refractivity contribution >= 4 is 5.78 Å². The monoisotopic (exact) mass is 248 g/mol. The Kier molecular flexibility index (Phi) is 8.30. The van der Waals surface area contributed by atoms with Gasteiger partial charge in [0.15, 0.2) is 5.78 Å². The van der Waals surface area contributed by atoms with Gasteiger partial charge in [-0.1, -0.05) is 27.7 Å². The molecule has 1 atom stereocenters. The summed E-state index contributed by atoms with van der Waals surface area (Å²) in [5.41, 5.74) is -0.458. The topological polar surface area (TPSA) is 46.5 Å². The maximum atomic E-state index is 11.5. The molecule has 0 aromatic carbocycles. The number of allylic oxidation sites excluding steroid dienone is 1. The number of ether oxygens (including phenoxy) is 1. The summed E-state index contributed by atoms with van der Waals surface area (Å²) in [5.74, 6) is -0.0829. The largest absolute Gasteiger partial charge is 0.509 e. The Balaban J connectivity index is 0. The fraction of sp³-hybridized carbons (Fsp3) is 0.727. The van der Waals surface area contributed by atoms with Crippen LogP contribution in [-0.4, -0.2) is 24.1 Å². The molecular formula is C11H20O3Ti. The van der Waals surface area contributed by atoms with Gasteiger partial charge in [-0.15, -0.1) is 0 Å². The second-order valence-corrected chi connectivity index (χ2v) is 4.32. The number of carbonyl (C=O) groups excluding carboxylic acids is 1. The number of hydrogen-bond acceptors (Lipinski definition) is 3. The van der Waals surface area contributed by atoms with Gasteiger partial charge < -0.3 is 9.84 Å². The molecule has 4 heteroatoms. The molecule has 0 aliphatic rings. The van der Waals surface area contributed by atoms with Crippen LogP contribution in [0.3, 0.4) is 0 Å². The van der Waals surface area contributed by atoms with Gasteiger partial charge in [0.05, 0.1) is 0 Å². The summed E-state index contributed by atoms with van der Waals surface area (Å²) >= 11 is 0. The Bertz CT molecular complexity index is 224. The number of aliphatic hydroxyl groups excluding tert-OH is 1. The van der Waals surface area contributed by atoms with E-state index in [9.17, 15) is 9.90 Å². The van der Waals surface area contributed by atoms with Crippen LogP contribution in [0.1, 0.15) is 34.1 Å². The maximum Gasteiger partial charge on any atom is 0.164 e. The standard InChI is InChI=1S/C11H20O3.Ti/c1-6-9(14-5)8(12)7-10(13)11(2,3)4;/h7,9,12H,6H2,1-5H3;/b8-7-;. The molecule has 0 radical (unpaired) electrons. The van der Waals surface area contributed by atoms with Gasteiger partial charge in [0, 0.05) is 40.3 Å². The van der Waals surface area contributed by atoms with Crippen molar-refractivity contribution in [3.05, 3.63) is 11.8 Å². The molecule has 86 valence electrons. The van der Waals surface area contributed by atoms with E-state index in [1.165, 1.54) is 13.2 Å². The fourth-order valence-corrected chi connectivity index (χ4v) is 0.940. The molecule has 1 unspecified atom stereocenters. The number of methoxy groups -OCH3 is 1. The summed E-state index contributed by atoms with van der Waals surface area (Å²) in [6.45, 7) is 7.33. The molecule has 0 aromatic heterocycles. The summed E-state index contributed by atoms with van der Waals surface area (Å²) in [5, 5.41) is 9.56. The first kappa shape index (κ1) is 17.3. The van der Waals surface area contributed by atoms with Gasteiger partial charge in [-0.25, -0.2) is 0 Å². The molecule has 0 aliphatic heterocycles. The Hall–Kier alpha value is -0.116. The number of carbonyl (C=O) groups is 1. The molecule has 15 heavy (non-hydrogen) atoms. The first-order chi connectivity index (χ1) is 6.32. The molecule has 0 aromatic rings. The van der Waals surface area contributed by atoms with E-state index in [1.807, 2.05) is 27.7 Å². The molecule has 0 saturated heterocycles. The summed E-state index contributed by atoms with van der Waals surface area (Å²) < 4.78 is 5.00. The molecular weight excluding hydrogens is 228 g/mol. The van der Waals surface area contributed by atoms with Crippen molar-refractivity contribution in [2.75, 3.05) is 7.11 Å². The van der Waals surface area contributed by atoms with Gasteiger partial charge in [0.1, 0.15) is 11.9 Å². The smallest absolute Gasteiger partial charge is 0.164 e. The van der Waals surface area contributed by atoms with E-state index in [4.69, 9.17) is 4.74 Å². The SMILES string of the molecule is CCC(OC)/C(O)=C/C(=O)C(C)(C)C.[Ti]. The Labute approximate surface area is 107 Å². The zero-order valence-electron chi connectivity index (χ0n) is 10.1. The van der Waals surface area contributed by atoms with Crippen LogP contribution in [0, 0.1) is 5.41 Å². The molecule has 0 bridgehead atoms. The molecule has 0 rings (SSSR count). The van der Waals surface area contributed by atoms with E-state index < -0.39 is 5.41 Å². The van der Waals surface area contributed by atoms with Crippen molar-refractivity contribution < 1.29 is 36.4 Å². The number of rotatable bonds is 4. The third-order valence-corrected chi connectivity index (χ3v) is 2.00.